The zero-order valence-corrected chi connectivity index (χ0v) is 12.3. The third-order valence-electron chi connectivity index (χ3n) is 1.56. The number of carbonyl (C=O) groups excluding carboxylic acids is 1. The molecular formula is C13H32N2O. The Morgan fingerprint density at radius 3 is 1.62 bits per heavy atom. The van der Waals surface area contributed by atoms with E-state index >= 15 is 0 Å². The van der Waals surface area contributed by atoms with Crippen LogP contribution in [-0.4, -0.2) is 32.5 Å². The summed E-state index contributed by atoms with van der Waals surface area (Å²) in [4.78, 5) is 10.1. The van der Waals surface area contributed by atoms with Crippen molar-refractivity contribution >= 4 is 5.78 Å². The van der Waals surface area contributed by atoms with E-state index in [2.05, 4.69) is 17.6 Å². The highest BCUT2D eigenvalue weighted by molar-refractivity contribution is 5.77. The van der Waals surface area contributed by atoms with Crippen molar-refractivity contribution in [3.05, 3.63) is 0 Å². The second kappa shape index (κ2) is 20.1. The van der Waals surface area contributed by atoms with E-state index in [9.17, 15) is 4.79 Å². The van der Waals surface area contributed by atoms with E-state index in [1.807, 2.05) is 34.7 Å². The van der Waals surface area contributed by atoms with Crippen molar-refractivity contribution in [1.29, 1.82) is 0 Å². The number of hydrogen-bond acceptors (Lipinski definition) is 3. The summed E-state index contributed by atoms with van der Waals surface area (Å²) in [5.41, 5.74) is 0. The average Bonchev–Trinajstić information content (AvgIpc) is 3.10. The molecule has 2 N–H and O–H groups in total. The molecule has 0 radical (unpaired) electrons. The molecule has 1 rings (SSSR count). The van der Waals surface area contributed by atoms with Crippen LogP contribution in [0.4, 0.5) is 0 Å². The molecule has 0 saturated carbocycles. The van der Waals surface area contributed by atoms with Crippen LogP contribution in [0.3, 0.4) is 0 Å². The molecule has 0 aliphatic carbocycles. The Balaban J connectivity index is -0.000000152. The van der Waals surface area contributed by atoms with Gasteiger partial charge in [-0.1, -0.05) is 34.6 Å². The highest BCUT2D eigenvalue weighted by atomic mass is 16.1. The van der Waals surface area contributed by atoms with Crippen LogP contribution in [0.1, 0.15) is 48.0 Å². The van der Waals surface area contributed by atoms with Gasteiger partial charge in [0, 0.05) is 19.0 Å². The molecule has 1 saturated heterocycles. The standard InChI is InChI=1S/C5H10O.C4H11N.C2H5N.C2H6/c1-4(2)5(3)6;1-3-4-5-2;1-2-3-1;1-2/h4H,1-3H3;5H,3-4H2,1-2H3;3H,1-2H2;1-2H3. The number of hydrogen-bond donors (Lipinski definition) is 2. The molecule has 16 heavy (non-hydrogen) atoms. The quantitative estimate of drug-likeness (QED) is 0.735. The Hall–Kier alpha value is -0.410. The summed E-state index contributed by atoms with van der Waals surface area (Å²) >= 11 is 0. The molecular weight excluding hydrogens is 200 g/mol. The van der Waals surface area contributed by atoms with Crippen LogP contribution in [0.5, 0.6) is 0 Å². The zero-order chi connectivity index (χ0) is 13.4. The lowest BCUT2D eigenvalue weighted by molar-refractivity contribution is -0.119. The van der Waals surface area contributed by atoms with E-state index in [1.165, 1.54) is 19.5 Å². The predicted octanol–water partition coefficient (Wildman–Crippen LogP) is 2.46. The van der Waals surface area contributed by atoms with E-state index in [4.69, 9.17) is 0 Å². The molecule has 1 fully saturated rings. The largest absolute Gasteiger partial charge is 0.320 e. The Kier molecular flexibility index (Phi) is 26.2. The fourth-order valence-electron chi connectivity index (χ4n) is 0.250. The number of ketones is 1. The van der Waals surface area contributed by atoms with Crippen LogP contribution in [0, 0.1) is 5.92 Å². The van der Waals surface area contributed by atoms with Crippen molar-refractivity contribution in [2.24, 2.45) is 5.92 Å². The van der Waals surface area contributed by atoms with Gasteiger partial charge >= 0.3 is 0 Å². The second-order valence-electron chi connectivity index (χ2n) is 3.62. The molecule has 1 aliphatic heterocycles. The Morgan fingerprint density at radius 1 is 1.31 bits per heavy atom. The molecule has 0 spiro atoms. The minimum Gasteiger partial charge on any atom is -0.320 e. The minimum atomic E-state index is 0.213. The summed E-state index contributed by atoms with van der Waals surface area (Å²) in [6, 6.07) is 0. The van der Waals surface area contributed by atoms with Gasteiger partial charge in [-0.05, 0) is 26.9 Å². The third kappa shape index (κ3) is 49.6. The number of Topliss-reactive ketones (excluding diaryl/α,β-unsaturated/α-hetero) is 1. The maximum absolute atomic E-state index is 10.1. The van der Waals surface area contributed by atoms with Crippen molar-refractivity contribution in [2.45, 2.75) is 48.0 Å². The van der Waals surface area contributed by atoms with Crippen LogP contribution < -0.4 is 10.6 Å². The molecule has 0 atom stereocenters. The maximum atomic E-state index is 10.1. The number of rotatable bonds is 3. The SMILES string of the molecule is C1CN1.CC.CC(=O)C(C)C.CCCNC. The molecule has 0 aromatic rings. The molecule has 1 heterocycles. The van der Waals surface area contributed by atoms with Crippen molar-refractivity contribution in [2.75, 3.05) is 26.7 Å². The lowest BCUT2D eigenvalue weighted by Gasteiger charge is -1.90. The first-order valence-electron chi connectivity index (χ1n) is 6.42. The van der Waals surface area contributed by atoms with Crippen LogP contribution in [0.15, 0.2) is 0 Å². The molecule has 0 amide bonds. The molecule has 0 aromatic heterocycles. The molecule has 3 heteroatoms. The first-order valence-corrected chi connectivity index (χ1v) is 6.42. The van der Waals surface area contributed by atoms with Gasteiger partial charge in [0.1, 0.15) is 5.78 Å². The van der Waals surface area contributed by atoms with Gasteiger partial charge in [0.2, 0.25) is 0 Å². The van der Waals surface area contributed by atoms with Crippen LogP contribution in [0.25, 0.3) is 0 Å². The summed E-state index contributed by atoms with van der Waals surface area (Å²) in [6.45, 7) is 15.2. The predicted molar refractivity (Wildman–Crippen MR) is 74.0 cm³/mol. The summed E-state index contributed by atoms with van der Waals surface area (Å²) in [5, 5.41) is 6.02. The summed E-state index contributed by atoms with van der Waals surface area (Å²) < 4.78 is 0. The second-order valence-corrected chi connectivity index (χ2v) is 3.62. The molecule has 0 unspecified atom stereocenters. The van der Waals surface area contributed by atoms with Crippen molar-refractivity contribution < 1.29 is 4.79 Å². The van der Waals surface area contributed by atoms with Gasteiger partial charge in [-0.3, -0.25) is 4.79 Å². The van der Waals surface area contributed by atoms with Gasteiger partial charge < -0.3 is 10.6 Å². The van der Waals surface area contributed by atoms with Crippen LogP contribution in [0.2, 0.25) is 0 Å². The normalized spacial score (nSPS) is 11.0. The van der Waals surface area contributed by atoms with Crippen molar-refractivity contribution in [3.8, 4) is 0 Å². The van der Waals surface area contributed by atoms with E-state index in [-0.39, 0.29) is 11.7 Å². The fraction of sp³-hybridized carbons (Fsp3) is 0.923. The van der Waals surface area contributed by atoms with E-state index < -0.39 is 0 Å². The lowest BCUT2D eigenvalue weighted by atomic mass is 10.1. The van der Waals surface area contributed by atoms with E-state index in [0.717, 1.165) is 6.54 Å². The minimum absolute atomic E-state index is 0.213. The Bertz CT molecular complexity index is 118. The fourth-order valence-corrected chi connectivity index (χ4v) is 0.250. The number of nitrogens with one attached hydrogen (secondary N) is 2. The molecule has 1 aliphatic rings. The van der Waals surface area contributed by atoms with Gasteiger partial charge in [0.25, 0.3) is 0 Å². The Morgan fingerprint density at radius 2 is 1.62 bits per heavy atom. The van der Waals surface area contributed by atoms with E-state index in [1.54, 1.807) is 6.92 Å². The summed E-state index contributed by atoms with van der Waals surface area (Å²) in [6.07, 6.45) is 1.23. The van der Waals surface area contributed by atoms with Gasteiger partial charge in [-0.15, -0.1) is 0 Å². The molecule has 100 valence electrons. The van der Waals surface area contributed by atoms with Gasteiger partial charge in [-0.25, -0.2) is 0 Å². The first kappa shape index (κ1) is 20.9. The molecule has 0 bridgehead atoms. The molecule has 0 aromatic carbocycles. The Labute approximate surface area is 102 Å². The summed E-state index contributed by atoms with van der Waals surface area (Å²) in [5.74, 6) is 0.472. The topological polar surface area (TPSA) is 51.0 Å². The monoisotopic (exact) mass is 232 g/mol. The van der Waals surface area contributed by atoms with E-state index in [0.29, 0.717) is 0 Å². The maximum Gasteiger partial charge on any atom is 0.132 e. The highest BCUT2D eigenvalue weighted by Gasteiger charge is 1.95. The van der Waals surface area contributed by atoms with Gasteiger partial charge in [0.15, 0.2) is 0 Å². The summed E-state index contributed by atoms with van der Waals surface area (Å²) in [7, 11) is 1.96. The van der Waals surface area contributed by atoms with Crippen molar-refractivity contribution in [1.82, 2.24) is 10.6 Å². The van der Waals surface area contributed by atoms with Crippen molar-refractivity contribution in [3.63, 3.8) is 0 Å². The van der Waals surface area contributed by atoms with Gasteiger partial charge in [0.05, 0.1) is 0 Å². The number of carbonyl (C=O) groups is 1. The lowest BCUT2D eigenvalue weighted by Crippen LogP contribution is -2.04. The van der Waals surface area contributed by atoms with Crippen LogP contribution >= 0.6 is 0 Å². The van der Waals surface area contributed by atoms with Crippen LogP contribution in [-0.2, 0) is 4.79 Å². The average molecular weight is 232 g/mol. The third-order valence-corrected chi connectivity index (χ3v) is 1.56. The highest BCUT2D eigenvalue weighted by Crippen LogP contribution is 1.89. The zero-order valence-electron chi connectivity index (χ0n) is 12.3. The smallest absolute Gasteiger partial charge is 0.132 e. The molecule has 3 nitrogen and oxygen atoms in total. The van der Waals surface area contributed by atoms with Gasteiger partial charge in [-0.2, -0.15) is 0 Å². The first-order chi connectivity index (χ1) is 7.56.